The van der Waals surface area contributed by atoms with E-state index in [0.717, 1.165) is 12.8 Å². The molecule has 0 spiro atoms. The number of sulfonamides is 1. The maximum atomic E-state index is 12.4. The Bertz CT molecular complexity index is 639. The third-order valence-corrected chi connectivity index (χ3v) is 5.10. The Kier molecular flexibility index (Phi) is 5.40. The summed E-state index contributed by atoms with van der Waals surface area (Å²) in [4.78, 5) is 0.224. The van der Waals surface area contributed by atoms with E-state index < -0.39 is 10.0 Å². The number of hydrogen-bond acceptors (Lipinski definition) is 3. The van der Waals surface area contributed by atoms with Gasteiger partial charge in [-0.2, -0.15) is 0 Å². The van der Waals surface area contributed by atoms with E-state index in [4.69, 9.17) is 5.11 Å². The first kappa shape index (κ1) is 16.0. The number of aliphatic hydroxyl groups is 1. The van der Waals surface area contributed by atoms with Crippen LogP contribution >= 0.6 is 0 Å². The van der Waals surface area contributed by atoms with Gasteiger partial charge < -0.3 is 5.11 Å². The van der Waals surface area contributed by atoms with E-state index in [9.17, 15) is 8.42 Å². The first-order valence-electron chi connectivity index (χ1n) is 7.27. The third-order valence-electron chi connectivity index (χ3n) is 3.59. The largest absolute Gasteiger partial charge is 0.384 e. The van der Waals surface area contributed by atoms with Crippen molar-refractivity contribution >= 4 is 10.0 Å². The van der Waals surface area contributed by atoms with Gasteiger partial charge in [0.05, 0.1) is 4.90 Å². The molecule has 1 aliphatic carbocycles. The van der Waals surface area contributed by atoms with Gasteiger partial charge in [0.2, 0.25) is 10.0 Å². The van der Waals surface area contributed by atoms with Crippen LogP contribution in [0.3, 0.4) is 0 Å². The molecule has 1 aromatic carbocycles. The summed E-state index contributed by atoms with van der Waals surface area (Å²) >= 11 is 0. The van der Waals surface area contributed by atoms with Gasteiger partial charge in [-0.3, -0.25) is 0 Å². The quantitative estimate of drug-likeness (QED) is 0.789. The van der Waals surface area contributed by atoms with E-state index in [1.165, 1.54) is 18.9 Å². The summed E-state index contributed by atoms with van der Waals surface area (Å²) in [5.41, 5.74) is 0.585. The highest BCUT2D eigenvalue weighted by Crippen LogP contribution is 2.34. The zero-order chi connectivity index (χ0) is 15.3. The summed E-state index contributed by atoms with van der Waals surface area (Å²) in [6.07, 6.45) is 4.13. The number of rotatable bonds is 6. The second kappa shape index (κ2) is 7.08. The van der Waals surface area contributed by atoms with Gasteiger partial charge in [-0.15, -0.1) is 0 Å². The Morgan fingerprint density at radius 3 is 2.81 bits per heavy atom. The Labute approximate surface area is 126 Å². The lowest BCUT2D eigenvalue weighted by Gasteiger charge is -2.16. The van der Waals surface area contributed by atoms with Crippen LogP contribution in [0.5, 0.6) is 0 Å². The highest BCUT2D eigenvalue weighted by atomic mass is 32.2. The fraction of sp³-hybridized carbons (Fsp3) is 0.500. The van der Waals surface area contributed by atoms with E-state index in [1.807, 2.05) is 6.92 Å². The van der Waals surface area contributed by atoms with Crippen LogP contribution in [0.4, 0.5) is 0 Å². The van der Waals surface area contributed by atoms with E-state index in [-0.39, 0.29) is 17.5 Å². The van der Waals surface area contributed by atoms with Crippen LogP contribution in [0.1, 0.15) is 38.2 Å². The van der Waals surface area contributed by atoms with Gasteiger partial charge >= 0.3 is 0 Å². The van der Waals surface area contributed by atoms with Crippen molar-refractivity contribution < 1.29 is 13.5 Å². The lowest BCUT2D eigenvalue weighted by molar-refractivity contribution is 0.350. The Balaban J connectivity index is 2.13. The number of benzene rings is 1. The van der Waals surface area contributed by atoms with Crippen molar-refractivity contribution in [1.29, 1.82) is 0 Å². The van der Waals surface area contributed by atoms with Crippen LogP contribution in [0.2, 0.25) is 0 Å². The predicted octanol–water partition coefficient (Wildman–Crippen LogP) is 1.89. The van der Waals surface area contributed by atoms with Gasteiger partial charge in [0.1, 0.15) is 6.61 Å². The van der Waals surface area contributed by atoms with Crippen LogP contribution < -0.4 is 4.72 Å². The summed E-state index contributed by atoms with van der Waals surface area (Å²) in [6, 6.07) is 6.49. The molecule has 0 aromatic heterocycles. The number of aliphatic hydroxyl groups excluding tert-OH is 1. The number of hydrogen-bond donors (Lipinski definition) is 2. The molecule has 114 valence electrons. The molecule has 1 aliphatic rings. The molecule has 2 rings (SSSR count). The molecular weight excluding hydrogens is 286 g/mol. The maximum absolute atomic E-state index is 12.4. The summed E-state index contributed by atoms with van der Waals surface area (Å²) in [7, 11) is -3.52. The lowest BCUT2D eigenvalue weighted by Crippen LogP contribution is -2.34. The molecule has 0 amide bonds. The zero-order valence-corrected chi connectivity index (χ0v) is 13.0. The highest BCUT2D eigenvalue weighted by molar-refractivity contribution is 7.89. The lowest BCUT2D eigenvalue weighted by atomic mass is 10.1. The molecule has 1 aromatic rings. The monoisotopic (exact) mass is 307 g/mol. The fourth-order valence-electron chi connectivity index (χ4n) is 2.22. The SMILES string of the molecule is CCC(CC1CC1)NS(=O)(=O)c1cccc(C#CCO)c1. The summed E-state index contributed by atoms with van der Waals surface area (Å²) < 4.78 is 27.6. The van der Waals surface area contributed by atoms with Gasteiger partial charge in [0.15, 0.2) is 0 Å². The molecule has 0 aliphatic heterocycles. The second-order valence-corrected chi connectivity index (χ2v) is 7.11. The molecule has 0 saturated heterocycles. The minimum atomic E-state index is -3.52. The molecule has 2 N–H and O–H groups in total. The van der Waals surface area contributed by atoms with Gasteiger partial charge in [-0.1, -0.05) is 37.7 Å². The summed E-state index contributed by atoms with van der Waals surface area (Å²) in [5, 5.41) is 8.69. The van der Waals surface area contributed by atoms with Gasteiger partial charge in [-0.05, 0) is 37.0 Å². The standard InChI is InChI=1S/C16H21NO3S/c1-2-15(11-14-8-9-14)17-21(19,20)16-7-3-5-13(12-16)6-4-10-18/h3,5,7,12,14-15,17-18H,2,8-11H2,1H3. The normalized spacial score (nSPS) is 16.1. The maximum Gasteiger partial charge on any atom is 0.240 e. The van der Waals surface area contributed by atoms with E-state index in [0.29, 0.717) is 11.5 Å². The highest BCUT2D eigenvalue weighted by Gasteiger charge is 2.27. The minimum absolute atomic E-state index is 0.00492. The van der Waals surface area contributed by atoms with Gasteiger partial charge in [0, 0.05) is 11.6 Å². The smallest absolute Gasteiger partial charge is 0.240 e. The fourth-order valence-corrected chi connectivity index (χ4v) is 3.60. The first-order chi connectivity index (χ1) is 10.0. The predicted molar refractivity (Wildman–Crippen MR) is 82.1 cm³/mol. The summed E-state index contributed by atoms with van der Waals surface area (Å²) in [6.45, 7) is 1.76. The van der Waals surface area contributed by atoms with Crippen LogP contribution in [0.25, 0.3) is 0 Å². The molecule has 0 radical (unpaired) electrons. The first-order valence-corrected chi connectivity index (χ1v) is 8.75. The van der Waals surface area contributed by atoms with Gasteiger partial charge in [0.25, 0.3) is 0 Å². The van der Waals surface area contributed by atoms with Crippen LogP contribution in [-0.4, -0.2) is 26.2 Å². The molecule has 1 fully saturated rings. The Morgan fingerprint density at radius 1 is 1.43 bits per heavy atom. The van der Waals surface area contributed by atoms with E-state index in [1.54, 1.807) is 18.2 Å². The average molecular weight is 307 g/mol. The Hall–Kier alpha value is -1.35. The zero-order valence-electron chi connectivity index (χ0n) is 12.2. The van der Waals surface area contributed by atoms with Crippen molar-refractivity contribution in [1.82, 2.24) is 4.72 Å². The van der Waals surface area contributed by atoms with Crippen LogP contribution in [0.15, 0.2) is 29.2 Å². The molecule has 4 nitrogen and oxygen atoms in total. The van der Waals surface area contributed by atoms with Crippen molar-refractivity contribution in [2.75, 3.05) is 6.61 Å². The average Bonchev–Trinajstić information content (AvgIpc) is 3.28. The molecule has 5 heteroatoms. The van der Waals surface area contributed by atoms with Crippen molar-refractivity contribution in [2.45, 2.75) is 43.5 Å². The molecular formula is C16H21NO3S. The minimum Gasteiger partial charge on any atom is -0.384 e. The van der Waals surface area contributed by atoms with E-state index in [2.05, 4.69) is 16.6 Å². The molecule has 1 saturated carbocycles. The second-order valence-electron chi connectivity index (χ2n) is 5.39. The Morgan fingerprint density at radius 2 is 2.19 bits per heavy atom. The van der Waals surface area contributed by atoms with Crippen LogP contribution in [-0.2, 0) is 10.0 Å². The van der Waals surface area contributed by atoms with Crippen molar-refractivity contribution in [2.24, 2.45) is 5.92 Å². The molecule has 21 heavy (non-hydrogen) atoms. The molecule has 0 bridgehead atoms. The number of nitrogens with one attached hydrogen (secondary N) is 1. The van der Waals surface area contributed by atoms with Crippen molar-refractivity contribution in [3.05, 3.63) is 29.8 Å². The molecule has 0 heterocycles. The summed E-state index contributed by atoms with van der Waals surface area (Å²) in [5.74, 6) is 5.92. The molecule has 1 unspecified atom stereocenters. The topological polar surface area (TPSA) is 66.4 Å². The van der Waals surface area contributed by atoms with Crippen LogP contribution in [0, 0.1) is 17.8 Å². The molecule has 1 atom stereocenters. The van der Waals surface area contributed by atoms with E-state index >= 15 is 0 Å². The van der Waals surface area contributed by atoms with Crippen molar-refractivity contribution in [3.8, 4) is 11.8 Å². The van der Waals surface area contributed by atoms with Crippen molar-refractivity contribution in [3.63, 3.8) is 0 Å². The van der Waals surface area contributed by atoms with Gasteiger partial charge in [-0.25, -0.2) is 13.1 Å². The third kappa shape index (κ3) is 4.85.